The van der Waals surface area contributed by atoms with E-state index in [1.807, 2.05) is 36.2 Å². The fraction of sp³-hybridized carbons (Fsp3) is 0.423. The molecule has 6 heterocycles. The zero-order valence-electron chi connectivity index (χ0n) is 20.1. The van der Waals surface area contributed by atoms with E-state index < -0.39 is 0 Å². The van der Waals surface area contributed by atoms with Gasteiger partial charge in [0.25, 0.3) is 0 Å². The average Bonchev–Trinajstić information content (AvgIpc) is 3.28. The summed E-state index contributed by atoms with van der Waals surface area (Å²) in [6.45, 7) is 9.00. The summed E-state index contributed by atoms with van der Waals surface area (Å²) in [5.74, 6) is 2.35. The zero-order valence-corrected chi connectivity index (χ0v) is 21.0. The normalized spacial score (nSPS) is 17.5. The Bertz CT molecular complexity index is 1370. The highest BCUT2D eigenvalue weighted by Crippen LogP contribution is 2.39. The van der Waals surface area contributed by atoms with Crippen molar-refractivity contribution in [3.63, 3.8) is 0 Å². The van der Waals surface area contributed by atoms with Crippen molar-refractivity contribution in [3.8, 4) is 0 Å². The minimum Gasteiger partial charge on any atom is -0.355 e. The van der Waals surface area contributed by atoms with Crippen molar-refractivity contribution < 1.29 is 4.79 Å². The quantitative estimate of drug-likeness (QED) is 0.435. The van der Waals surface area contributed by atoms with Crippen LogP contribution in [0.5, 0.6) is 0 Å². The first-order valence-electron chi connectivity index (χ1n) is 12.3. The second-order valence-corrected chi connectivity index (χ2v) is 10.5. The number of nitrogens with zero attached hydrogens (tertiary/aromatic N) is 7. The Morgan fingerprint density at radius 2 is 1.77 bits per heavy atom. The van der Waals surface area contributed by atoms with Crippen molar-refractivity contribution >= 4 is 49.3 Å². The summed E-state index contributed by atoms with van der Waals surface area (Å²) in [5, 5.41) is 1.13. The molecule has 2 aliphatic heterocycles. The van der Waals surface area contributed by atoms with Crippen molar-refractivity contribution in [1.82, 2.24) is 24.8 Å². The van der Waals surface area contributed by atoms with Gasteiger partial charge in [-0.3, -0.25) is 4.79 Å². The van der Waals surface area contributed by atoms with Crippen LogP contribution in [0.25, 0.3) is 20.4 Å². The predicted octanol–water partition coefficient (Wildman–Crippen LogP) is 3.82. The Labute approximate surface area is 208 Å². The van der Waals surface area contributed by atoms with Gasteiger partial charge in [-0.1, -0.05) is 6.07 Å². The molecule has 0 bridgehead atoms. The van der Waals surface area contributed by atoms with E-state index in [2.05, 4.69) is 37.7 Å². The first-order chi connectivity index (χ1) is 17.1. The lowest BCUT2D eigenvalue weighted by Gasteiger charge is -2.39. The molecule has 2 saturated heterocycles. The molecule has 0 aromatic carbocycles. The lowest BCUT2D eigenvalue weighted by atomic mass is 9.95. The van der Waals surface area contributed by atoms with Crippen LogP contribution in [-0.4, -0.2) is 70.0 Å². The molecule has 4 aromatic rings. The molecular formula is C26H29N7OS. The number of rotatable bonds is 3. The van der Waals surface area contributed by atoms with Crippen LogP contribution in [0, 0.1) is 19.8 Å². The molecule has 0 aliphatic carbocycles. The Hall–Kier alpha value is -3.33. The molecule has 9 heteroatoms. The van der Waals surface area contributed by atoms with Gasteiger partial charge in [-0.25, -0.2) is 19.9 Å². The summed E-state index contributed by atoms with van der Waals surface area (Å²) < 4.78 is 1.10. The van der Waals surface area contributed by atoms with Crippen molar-refractivity contribution in [3.05, 3.63) is 48.0 Å². The van der Waals surface area contributed by atoms with Crippen LogP contribution in [0.2, 0.25) is 0 Å². The lowest BCUT2D eigenvalue weighted by molar-refractivity contribution is -0.136. The largest absolute Gasteiger partial charge is 0.355 e. The number of hydrogen-bond acceptors (Lipinski definition) is 8. The van der Waals surface area contributed by atoms with Crippen molar-refractivity contribution in [2.75, 3.05) is 49.1 Å². The van der Waals surface area contributed by atoms with E-state index in [0.717, 1.165) is 89.9 Å². The molecule has 0 spiro atoms. The van der Waals surface area contributed by atoms with Gasteiger partial charge in [0.1, 0.15) is 22.8 Å². The van der Waals surface area contributed by atoms with E-state index in [4.69, 9.17) is 4.98 Å². The molecule has 0 N–H and O–H groups in total. The van der Waals surface area contributed by atoms with E-state index in [9.17, 15) is 4.79 Å². The topological polar surface area (TPSA) is 78.4 Å². The third kappa shape index (κ3) is 4.07. The fourth-order valence-corrected chi connectivity index (χ4v) is 6.68. The van der Waals surface area contributed by atoms with Gasteiger partial charge >= 0.3 is 0 Å². The number of carbonyl (C=O) groups is 1. The number of amides is 1. The second kappa shape index (κ2) is 9.03. The van der Waals surface area contributed by atoms with E-state index >= 15 is 0 Å². The number of carbonyl (C=O) groups excluding carboxylic acids is 1. The summed E-state index contributed by atoms with van der Waals surface area (Å²) in [6, 6.07) is 8.09. The van der Waals surface area contributed by atoms with Gasteiger partial charge in [0, 0.05) is 62.5 Å². The van der Waals surface area contributed by atoms with E-state index in [0.29, 0.717) is 5.91 Å². The number of piperidine rings is 1. The highest BCUT2D eigenvalue weighted by molar-refractivity contribution is 7.26. The van der Waals surface area contributed by atoms with Gasteiger partial charge in [0.05, 0.1) is 10.2 Å². The Morgan fingerprint density at radius 1 is 0.971 bits per heavy atom. The summed E-state index contributed by atoms with van der Waals surface area (Å²) in [5.41, 5.74) is 3.22. The van der Waals surface area contributed by atoms with Crippen LogP contribution in [0.15, 0.2) is 36.8 Å². The first kappa shape index (κ1) is 22.2. The molecule has 2 aliphatic rings. The van der Waals surface area contributed by atoms with E-state index in [1.54, 1.807) is 17.7 Å². The number of piperazine rings is 1. The van der Waals surface area contributed by atoms with Gasteiger partial charge in [-0.2, -0.15) is 0 Å². The number of anilines is 2. The third-order valence-electron chi connectivity index (χ3n) is 7.24. The van der Waals surface area contributed by atoms with Crippen LogP contribution < -0.4 is 9.80 Å². The van der Waals surface area contributed by atoms with Crippen LogP contribution >= 0.6 is 11.3 Å². The maximum atomic E-state index is 13.3. The van der Waals surface area contributed by atoms with Crippen LogP contribution in [0.3, 0.4) is 0 Å². The summed E-state index contributed by atoms with van der Waals surface area (Å²) in [4.78, 5) is 39.4. The van der Waals surface area contributed by atoms with Gasteiger partial charge in [0.15, 0.2) is 0 Å². The van der Waals surface area contributed by atoms with Gasteiger partial charge in [-0.15, -0.1) is 11.3 Å². The number of aromatic nitrogens is 4. The minimum atomic E-state index is 0.0824. The van der Waals surface area contributed by atoms with Gasteiger partial charge in [0.2, 0.25) is 5.91 Å². The number of hydrogen-bond donors (Lipinski definition) is 0. The molecule has 1 amide bonds. The van der Waals surface area contributed by atoms with Gasteiger partial charge in [-0.05, 0) is 50.5 Å². The van der Waals surface area contributed by atoms with Crippen LogP contribution in [0.1, 0.15) is 24.1 Å². The van der Waals surface area contributed by atoms with E-state index in [1.165, 1.54) is 5.56 Å². The Kier molecular flexibility index (Phi) is 5.72. The zero-order chi connectivity index (χ0) is 23.9. The van der Waals surface area contributed by atoms with Crippen LogP contribution in [-0.2, 0) is 4.79 Å². The monoisotopic (exact) mass is 487 g/mol. The number of thiophene rings is 1. The highest BCUT2D eigenvalue weighted by Gasteiger charge is 2.32. The molecule has 0 unspecified atom stereocenters. The maximum absolute atomic E-state index is 13.3. The van der Waals surface area contributed by atoms with Crippen molar-refractivity contribution in [2.45, 2.75) is 26.7 Å². The number of aryl methyl sites for hydroxylation is 2. The van der Waals surface area contributed by atoms with Crippen molar-refractivity contribution in [1.29, 1.82) is 0 Å². The molecule has 2 fully saturated rings. The number of pyridine rings is 2. The second-order valence-electron chi connectivity index (χ2n) is 9.50. The maximum Gasteiger partial charge on any atom is 0.225 e. The molecule has 0 atom stereocenters. The lowest BCUT2D eigenvalue weighted by Crippen LogP contribution is -2.52. The summed E-state index contributed by atoms with van der Waals surface area (Å²) in [7, 11) is 0. The molecular weight excluding hydrogens is 458 g/mol. The van der Waals surface area contributed by atoms with Crippen LogP contribution in [0.4, 0.5) is 11.6 Å². The molecule has 0 saturated carbocycles. The SMILES string of the molecule is Cc1cc(C)c2c(n1)sc1c(N3CCC(C(=O)N4CCN(c5ccccn5)CC4)CC3)ncnc12. The van der Waals surface area contributed by atoms with Gasteiger partial charge < -0.3 is 14.7 Å². The molecule has 8 nitrogen and oxygen atoms in total. The van der Waals surface area contributed by atoms with Crippen molar-refractivity contribution in [2.24, 2.45) is 5.92 Å². The molecule has 35 heavy (non-hydrogen) atoms. The third-order valence-corrected chi connectivity index (χ3v) is 8.31. The number of fused-ring (bicyclic) bond motifs is 3. The molecule has 0 radical (unpaired) electrons. The molecule has 6 rings (SSSR count). The Morgan fingerprint density at radius 3 is 2.51 bits per heavy atom. The summed E-state index contributed by atoms with van der Waals surface area (Å²) >= 11 is 1.68. The molecule has 180 valence electrons. The highest BCUT2D eigenvalue weighted by atomic mass is 32.1. The first-order valence-corrected chi connectivity index (χ1v) is 13.1. The summed E-state index contributed by atoms with van der Waals surface area (Å²) in [6.07, 6.45) is 5.20. The predicted molar refractivity (Wildman–Crippen MR) is 140 cm³/mol. The Balaban J connectivity index is 1.13. The minimum absolute atomic E-state index is 0.0824. The average molecular weight is 488 g/mol. The smallest absolute Gasteiger partial charge is 0.225 e. The fourth-order valence-electron chi connectivity index (χ4n) is 5.42. The standard InChI is InChI=1S/C26H29N7OS/c1-17-15-18(2)30-25-21(17)22-23(35-25)24(29-16-28-22)32-9-6-19(7-10-32)26(34)33-13-11-31(12-14-33)20-5-3-4-8-27-20/h3-5,8,15-16,19H,6-7,9-14H2,1-2H3. The van der Waals surface area contributed by atoms with E-state index in [-0.39, 0.29) is 5.92 Å². The molecule has 4 aromatic heterocycles.